The van der Waals surface area contributed by atoms with Gasteiger partial charge in [0.2, 0.25) is 0 Å². The van der Waals surface area contributed by atoms with E-state index in [1.54, 1.807) is 0 Å². The van der Waals surface area contributed by atoms with E-state index in [0.717, 1.165) is 37.2 Å². The second kappa shape index (κ2) is 5.45. The second-order valence-electron chi connectivity index (χ2n) is 5.05. The van der Waals surface area contributed by atoms with E-state index in [4.69, 9.17) is 0 Å². The van der Waals surface area contributed by atoms with Gasteiger partial charge in [-0.1, -0.05) is 25.7 Å². The molecule has 0 saturated heterocycles. The number of aromatic nitrogens is 2. The second-order valence-corrected chi connectivity index (χ2v) is 5.05. The van der Waals surface area contributed by atoms with Gasteiger partial charge >= 0.3 is 0 Å². The lowest BCUT2D eigenvalue weighted by Crippen LogP contribution is -2.36. The molecule has 1 aromatic heterocycles. The van der Waals surface area contributed by atoms with Crippen LogP contribution in [0.5, 0.6) is 0 Å². The molecule has 1 aliphatic carbocycles. The van der Waals surface area contributed by atoms with Gasteiger partial charge in [-0.3, -0.25) is 0 Å². The van der Waals surface area contributed by atoms with E-state index in [0.29, 0.717) is 6.54 Å². The maximum Gasteiger partial charge on any atom is 0.148 e. The topological polar surface area (TPSA) is 58.0 Å². The molecule has 0 radical (unpaired) electrons. The molecular weight excluding hydrogens is 214 g/mol. The summed E-state index contributed by atoms with van der Waals surface area (Å²) >= 11 is 0. The van der Waals surface area contributed by atoms with Gasteiger partial charge in [-0.2, -0.15) is 5.10 Å². The quantitative estimate of drug-likeness (QED) is 0.789. The van der Waals surface area contributed by atoms with Crippen LogP contribution in [0, 0.1) is 6.92 Å². The lowest BCUT2D eigenvalue weighted by molar-refractivity contribution is 0.0380. The minimum Gasteiger partial charge on any atom is -0.388 e. The van der Waals surface area contributed by atoms with Crippen molar-refractivity contribution >= 4 is 5.82 Å². The van der Waals surface area contributed by atoms with Gasteiger partial charge in [-0.05, 0) is 31.9 Å². The van der Waals surface area contributed by atoms with Gasteiger partial charge in [0, 0.05) is 6.54 Å². The number of rotatable bonds is 3. The molecule has 0 unspecified atom stereocenters. The molecule has 1 fully saturated rings. The zero-order chi connectivity index (χ0) is 12.1. The molecule has 4 heteroatoms. The standard InChI is InChI=1S/C13H21N3O/c1-11-6-7-12(16-15-11)14-10-13(17)8-4-2-3-5-9-13/h6-7,17H,2-5,8-10H2,1H3,(H,14,16). The van der Waals surface area contributed by atoms with Gasteiger partial charge in [0.05, 0.1) is 11.3 Å². The Labute approximate surface area is 102 Å². The molecule has 0 aliphatic heterocycles. The Bertz CT molecular complexity index is 342. The summed E-state index contributed by atoms with van der Waals surface area (Å²) in [6.45, 7) is 2.49. The Kier molecular flexibility index (Phi) is 3.94. The highest BCUT2D eigenvalue weighted by atomic mass is 16.3. The number of hydrogen-bond acceptors (Lipinski definition) is 4. The van der Waals surface area contributed by atoms with E-state index in [1.807, 2.05) is 19.1 Å². The summed E-state index contributed by atoms with van der Waals surface area (Å²) in [6, 6.07) is 3.83. The fourth-order valence-corrected chi connectivity index (χ4v) is 2.31. The average molecular weight is 235 g/mol. The van der Waals surface area contributed by atoms with Crippen molar-refractivity contribution in [2.75, 3.05) is 11.9 Å². The van der Waals surface area contributed by atoms with E-state index >= 15 is 0 Å². The van der Waals surface area contributed by atoms with Gasteiger partial charge < -0.3 is 10.4 Å². The molecule has 0 spiro atoms. The fourth-order valence-electron chi connectivity index (χ4n) is 2.31. The zero-order valence-corrected chi connectivity index (χ0v) is 10.4. The van der Waals surface area contributed by atoms with Crippen molar-refractivity contribution in [1.82, 2.24) is 10.2 Å². The van der Waals surface area contributed by atoms with Crippen LogP contribution in [0.15, 0.2) is 12.1 Å². The van der Waals surface area contributed by atoms with Crippen LogP contribution in [0.4, 0.5) is 5.82 Å². The fraction of sp³-hybridized carbons (Fsp3) is 0.692. The maximum atomic E-state index is 10.5. The van der Waals surface area contributed by atoms with Crippen LogP contribution < -0.4 is 5.32 Å². The zero-order valence-electron chi connectivity index (χ0n) is 10.4. The summed E-state index contributed by atoms with van der Waals surface area (Å²) in [5.74, 6) is 0.744. The van der Waals surface area contributed by atoms with Gasteiger partial charge in [0.25, 0.3) is 0 Å². The van der Waals surface area contributed by atoms with Crippen LogP contribution in [-0.4, -0.2) is 27.4 Å². The largest absolute Gasteiger partial charge is 0.388 e. The van der Waals surface area contributed by atoms with Gasteiger partial charge in [-0.15, -0.1) is 5.10 Å². The number of nitrogens with one attached hydrogen (secondary N) is 1. The smallest absolute Gasteiger partial charge is 0.148 e. The van der Waals surface area contributed by atoms with Crippen molar-refractivity contribution in [1.29, 1.82) is 0 Å². The molecule has 17 heavy (non-hydrogen) atoms. The molecule has 4 nitrogen and oxygen atoms in total. The Hall–Kier alpha value is -1.16. The number of nitrogens with zero attached hydrogens (tertiary/aromatic N) is 2. The summed E-state index contributed by atoms with van der Waals surface area (Å²) < 4.78 is 0. The number of aliphatic hydroxyl groups is 1. The van der Waals surface area contributed by atoms with Crippen molar-refractivity contribution in [2.24, 2.45) is 0 Å². The molecule has 94 valence electrons. The summed E-state index contributed by atoms with van der Waals surface area (Å²) in [6.07, 6.45) is 6.51. The molecule has 1 heterocycles. The minimum atomic E-state index is -0.566. The minimum absolute atomic E-state index is 0.566. The molecule has 0 aromatic carbocycles. The first kappa shape index (κ1) is 12.3. The highest BCUT2D eigenvalue weighted by Crippen LogP contribution is 2.27. The third kappa shape index (κ3) is 3.66. The molecule has 1 aromatic rings. The Balaban J connectivity index is 1.89. The molecule has 0 atom stereocenters. The van der Waals surface area contributed by atoms with E-state index in [-0.39, 0.29) is 0 Å². The molecule has 0 amide bonds. The highest BCUT2D eigenvalue weighted by Gasteiger charge is 2.27. The van der Waals surface area contributed by atoms with Crippen LogP contribution in [-0.2, 0) is 0 Å². The van der Waals surface area contributed by atoms with Crippen molar-refractivity contribution in [3.8, 4) is 0 Å². The van der Waals surface area contributed by atoms with Crippen LogP contribution in [0.2, 0.25) is 0 Å². The van der Waals surface area contributed by atoms with Crippen LogP contribution in [0.1, 0.15) is 44.2 Å². The summed E-state index contributed by atoms with van der Waals surface area (Å²) in [5.41, 5.74) is 0.340. The SMILES string of the molecule is Cc1ccc(NCC2(O)CCCCCC2)nn1. The highest BCUT2D eigenvalue weighted by molar-refractivity contribution is 5.33. The average Bonchev–Trinajstić information content (AvgIpc) is 2.54. The van der Waals surface area contributed by atoms with Crippen molar-refractivity contribution < 1.29 is 5.11 Å². The third-order valence-corrected chi connectivity index (χ3v) is 3.43. The van der Waals surface area contributed by atoms with Crippen LogP contribution in [0.25, 0.3) is 0 Å². The van der Waals surface area contributed by atoms with Crippen molar-refractivity contribution in [3.05, 3.63) is 17.8 Å². The van der Waals surface area contributed by atoms with Crippen molar-refractivity contribution in [2.45, 2.75) is 51.0 Å². The van der Waals surface area contributed by atoms with Gasteiger partial charge in [0.15, 0.2) is 0 Å². The first-order valence-corrected chi connectivity index (χ1v) is 6.45. The van der Waals surface area contributed by atoms with Crippen molar-refractivity contribution in [3.63, 3.8) is 0 Å². The number of aryl methyl sites for hydroxylation is 1. The summed E-state index contributed by atoms with van der Waals surface area (Å²) in [5, 5.41) is 21.7. The first-order chi connectivity index (χ1) is 8.18. The third-order valence-electron chi connectivity index (χ3n) is 3.43. The molecule has 0 bridgehead atoms. The monoisotopic (exact) mass is 235 g/mol. The Morgan fingerprint density at radius 3 is 2.47 bits per heavy atom. The predicted octanol–water partition coefficient (Wildman–Crippen LogP) is 2.28. The number of hydrogen-bond donors (Lipinski definition) is 2. The van der Waals surface area contributed by atoms with Gasteiger partial charge in [-0.25, -0.2) is 0 Å². The molecule has 2 N–H and O–H groups in total. The van der Waals surface area contributed by atoms with E-state index in [9.17, 15) is 5.11 Å². The first-order valence-electron chi connectivity index (χ1n) is 6.45. The van der Waals surface area contributed by atoms with Gasteiger partial charge in [0.1, 0.15) is 5.82 Å². The Morgan fingerprint density at radius 1 is 1.18 bits per heavy atom. The summed E-state index contributed by atoms with van der Waals surface area (Å²) in [4.78, 5) is 0. The van der Waals surface area contributed by atoms with E-state index < -0.39 is 5.60 Å². The molecular formula is C13H21N3O. The van der Waals surface area contributed by atoms with Crippen LogP contribution in [0.3, 0.4) is 0 Å². The van der Waals surface area contributed by atoms with E-state index in [2.05, 4.69) is 15.5 Å². The normalized spacial score (nSPS) is 19.6. The Morgan fingerprint density at radius 2 is 1.88 bits per heavy atom. The molecule has 2 rings (SSSR count). The number of anilines is 1. The lowest BCUT2D eigenvalue weighted by atomic mass is 9.94. The molecule has 1 aliphatic rings. The maximum absolute atomic E-state index is 10.5. The van der Waals surface area contributed by atoms with E-state index in [1.165, 1.54) is 12.8 Å². The van der Waals surface area contributed by atoms with Crippen LogP contribution >= 0.6 is 0 Å². The molecule has 1 saturated carbocycles. The lowest BCUT2D eigenvalue weighted by Gasteiger charge is -2.26. The predicted molar refractivity (Wildman–Crippen MR) is 67.9 cm³/mol. The summed E-state index contributed by atoms with van der Waals surface area (Å²) in [7, 11) is 0.